The predicted octanol–water partition coefficient (Wildman–Crippen LogP) is -1.41. The SMILES string of the molecule is O=C(O)CCc1cccc(O)c1O[C@H]1O[C@@H](CO)[C@H](O)[C@@H](O)[C@@H]1O. The highest BCUT2D eigenvalue weighted by molar-refractivity contribution is 5.67. The topological polar surface area (TPSA) is 157 Å². The number of aliphatic hydroxyl groups is 4. The summed E-state index contributed by atoms with van der Waals surface area (Å²) in [5, 5.41) is 57.3. The van der Waals surface area contributed by atoms with Gasteiger partial charge >= 0.3 is 5.97 Å². The molecule has 1 heterocycles. The number of phenolic OH excluding ortho intramolecular Hbond substituents is 1. The van der Waals surface area contributed by atoms with Crippen molar-refractivity contribution >= 4 is 5.97 Å². The van der Waals surface area contributed by atoms with E-state index < -0.39 is 43.3 Å². The van der Waals surface area contributed by atoms with Gasteiger partial charge in [-0.05, 0) is 18.1 Å². The van der Waals surface area contributed by atoms with Crippen molar-refractivity contribution in [3.05, 3.63) is 23.8 Å². The van der Waals surface area contributed by atoms with Crippen molar-refractivity contribution in [3.63, 3.8) is 0 Å². The fourth-order valence-electron chi connectivity index (χ4n) is 2.43. The number of aromatic hydroxyl groups is 1. The Bertz CT molecular complexity index is 574. The molecule has 2 rings (SSSR count). The number of para-hydroxylation sites is 1. The van der Waals surface area contributed by atoms with Crippen molar-refractivity contribution in [1.82, 2.24) is 0 Å². The molecule has 1 aromatic rings. The number of carboxylic acid groups (broad SMARTS) is 1. The lowest BCUT2D eigenvalue weighted by Crippen LogP contribution is -2.60. The van der Waals surface area contributed by atoms with Crippen LogP contribution in [0.4, 0.5) is 0 Å². The van der Waals surface area contributed by atoms with Crippen LogP contribution in [0.5, 0.6) is 11.5 Å². The first-order valence-electron chi connectivity index (χ1n) is 7.35. The Morgan fingerprint density at radius 2 is 1.88 bits per heavy atom. The molecule has 0 amide bonds. The van der Waals surface area contributed by atoms with Crippen molar-refractivity contribution < 1.29 is 44.9 Å². The van der Waals surface area contributed by atoms with Gasteiger partial charge in [0.1, 0.15) is 24.4 Å². The van der Waals surface area contributed by atoms with E-state index in [2.05, 4.69) is 0 Å². The summed E-state index contributed by atoms with van der Waals surface area (Å²) in [5.41, 5.74) is 0.370. The minimum Gasteiger partial charge on any atom is -0.504 e. The maximum absolute atomic E-state index is 10.7. The number of aliphatic hydroxyl groups excluding tert-OH is 4. The summed E-state index contributed by atoms with van der Waals surface area (Å²) in [6.45, 7) is -0.614. The summed E-state index contributed by atoms with van der Waals surface area (Å²) in [7, 11) is 0. The second-order valence-electron chi connectivity index (χ2n) is 5.47. The number of carbonyl (C=O) groups is 1. The molecule has 1 saturated heterocycles. The molecule has 0 saturated carbocycles. The van der Waals surface area contributed by atoms with E-state index in [9.17, 15) is 25.2 Å². The molecule has 6 N–H and O–H groups in total. The third-order valence-electron chi connectivity index (χ3n) is 3.77. The summed E-state index contributed by atoms with van der Waals surface area (Å²) in [6.07, 6.45) is -7.52. The summed E-state index contributed by atoms with van der Waals surface area (Å²) in [5.74, 6) is -1.42. The molecule has 5 atom stereocenters. The van der Waals surface area contributed by atoms with E-state index in [1.165, 1.54) is 12.1 Å². The van der Waals surface area contributed by atoms with Crippen LogP contribution in [0.3, 0.4) is 0 Å². The van der Waals surface area contributed by atoms with Crippen LogP contribution in [0.1, 0.15) is 12.0 Å². The first-order valence-corrected chi connectivity index (χ1v) is 7.35. The van der Waals surface area contributed by atoms with E-state index in [0.29, 0.717) is 5.56 Å². The number of hydrogen-bond acceptors (Lipinski definition) is 8. The molecule has 9 heteroatoms. The van der Waals surface area contributed by atoms with Crippen molar-refractivity contribution in [2.24, 2.45) is 0 Å². The lowest BCUT2D eigenvalue weighted by Gasteiger charge is -2.39. The average Bonchev–Trinajstić information content (AvgIpc) is 2.55. The van der Waals surface area contributed by atoms with E-state index in [-0.39, 0.29) is 24.3 Å². The number of carboxylic acids is 1. The van der Waals surface area contributed by atoms with E-state index in [0.717, 1.165) is 0 Å². The molecule has 0 bridgehead atoms. The number of hydrogen-bond donors (Lipinski definition) is 6. The standard InChI is InChI=1S/C15H20O9/c16-6-9-11(20)12(21)13(22)15(23-9)24-14-7(4-5-10(18)19)2-1-3-8(14)17/h1-3,9,11-13,15-17,20-22H,4-6H2,(H,18,19)/t9-,11-,12+,13-,15+/m0/s1. The first kappa shape index (κ1) is 18.4. The quantitative estimate of drug-likeness (QED) is 0.365. The van der Waals surface area contributed by atoms with E-state index in [1.54, 1.807) is 6.07 Å². The number of aryl methyl sites for hydroxylation is 1. The molecular formula is C15H20O9. The molecule has 1 aliphatic heterocycles. The maximum atomic E-state index is 10.7. The Labute approximate surface area is 137 Å². The Morgan fingerprint density at radius 3 is 2.50 bits per heavy atom. The molecular weight excluding hydrogens is 324 g/mol. The van der Waals surface area contributed by atoms with Gasteiger partial charge in [-0.1, -0.05) is 12.1 Å². The number of phenols is 1. The molecule has 0 radical (unpaired) electrons. The van der Waals surface area contributed by atoms with Gasteiger partial charge in [0.25, 0.3) is 0 Å². The van der Waals surface area contributed by atoms with Crippen molar-refractivity contribution in [3.8, 4) is 11.5 Å². The van der Waals surface area contributed by atoms with Gasteiger partial charge in [0, 0.05) is 6.42 Å². The second kappa shape index (κ2) is 7.77. The molecule has 9 nitrogen and oxygen atoms in total. The third-order valence-corrected chi connectivity index (χ3v) is 3.77. The minimum atomic E-state index is -1.63. The number of aliphatic carboxylic acids is 1. The van der Waals surface area contributed by atoms with Crippen LogP contribution >= 0.6 is 0 Å². The third kappa shape index (κ3) is 3.94. The lowest BCUT2D eigenvalue weighted by molar-refractivity contribution is -0.277. The maximum Gasteiger partial charge on any atom is 0.303 e. The molecule has 1 aliphatic rings. The Balaban J connectivity index is 2.21. The monoisotopic (exact) mass is 344 g/mol. The van der Waals surface area contributed by atoms with Gasteiger partial charge in [-0.2, -0.15) is 0 Å². The molecule has 1 aromatic carbocycles. The highest BCUT2D eigenvalue weighted by Crippen LogP contribution is 2.34. The summed E-state index contributed by atoms with van der Waals surface area (Å²) in [4.78, 5) is 10.7. The van der Waals surface area contributed by atoms with Crippen molar-refractivity contribution in [2.45, 2.75) is 43.5 Å². The van der Waals surface area contributed by atoms with Gasteiger partial charge in [-0.3, -0.25) is 4.79 Å². The molecule has 24 heavy (non-hydrogen) atoms. The number of rotatable bonds is 6. The molecule has 0 aliphatic carbocycles. The van der Waals surface area contributed by atoms with Crippen LogP contribution in [0.2, 0.25) is 0 Å². The van der Waals surface area contributed by atoms with Crippen molar-refractivity contribution in [1.29, 1.82) is 0 Å². The zero-order valence-electron chi connectivity index (χ0n) is 12.6. The normalized spacial score (nSPS) is 30.1. The van der Waals surface area contributed by atoms with E-state index >= 15 is 0 Å². The van der Waals surface area contributed by atoms with Crippen LogP contribution < -0.4 is 4.74 Å². The first-order chi connectivity index (χ1) is 11.3. The smallest absolute Gasteiger partial charge is 0.303 e. The van der Waals surface area contributed by atoms with E-state index in [1.807, 2.05) is 0 Å². The fraction of sp³-hybridized carbons (Fsp3) is 0.533. The van der Waals surface area contributed by atoms with Crippen LogP contribution in [0, 0.1) is 0 Å². The van der Waals surface area contributed by atoms with Gasteiger partial charge in [-0.25, -0.2) is 0 Å². The minimum absolute atomic E-state index is 0.0660. The summed E-state index contributed by atoms with van der Waals surface area (Å²) >= 11 is 0. The van der Waals surface area contributed by atoms with Crippen LogP contribution in [-0.4, -0.2) is 73.9 Å². The summed E-state index contributed by atoms with van der Waals surface area (Å²) < 4.78 is 10.6. The predicted molar refractivity (Wildman–Crippen MR) is 78.5 cm³/mol. The van der Waals surface area contributed by atoms with Gasteiger partial charge in [-0.15, -0.1) is 0 Å². The number of benzene rings is 1. The highest BCUT2D eigenvalue weighted by Gasteiger charge is 2.45. The van der Waals surface area contributed by atoms with Gasteiger partial charge in [0.2, 0.25) is 6.29 Å². The second-order valence-corrected chi connectivity index (χ2v) is 5.47. The molecule has 134 valence electrons. The van der Waals surface area contributed by atoms with Crippen LogP contribution in [-0.2, 0) is 16.0 Å². The molecule has 0 unspecified atom stereocenters. The highest BCUT2D eigenvalue weighted by atomic mass is 16.7. The van der Waals surface area contributed by atoms with Crippen LogP contribution in [0.25, 0.3) is 0 Å². The number of ether oxygens (including phenoxy) is 2. The molecule has 1 fully saturated rings. The fourth-order valence-corrected chi connectivity index (χ4v) is 2.43. The Hall–Kier alpha value is -1.91. The van der Waals surface area contributed by atoms with Crippen LogP contribution in [0.15, 0.2) is 18.2 Å². The van der Waals surface area contributed by atoms with Gasteiger partial charge in [0.15, 0.2) is 11.5 Å². The Kier molecular flexibility index (Phi) is 5.97. The molecule has 0 spiro atoms. The average molecular weight is 344 g/mol. The summed E-state index contributed by atoms with van der Waals surface area (Å²) in [6, 6.07) is 4.36. The zero-order chi connectivity index (χ0) is 17.9. The lowest BCUT2D eigenvalue weighted by atomic mass is 9.99. The largest absolute Gasteiger partial charge is 0.504 e. The van der Waals surface area contributed by atoms with Gasteiger partial charge in [0.05, 0.1) is 6.61 Å². The molecule has 0 aromatic heterocycles. The van der Waals surface area contributed by atoms with E-state index in [4.69, 9.17) is 19.7 Å². The van der Waals surface area contributed by atoms with Gasteiger partial charge < -0.3 is 40.1 Å². The van der Waals surface area contributed by atoms with Crippen molar-refractivity contribution in [2.75, 3.05) is 6.61 Å². The Morgan fingerprint density at radius 1 is 1.17 bits per heavy atom. The zero-order valence-corrected chi connectivity index (χ0v) is 12.6.